The zero-order valence-electron chi connectivity index (χ0n) is 14.2. The zero-order valence-corrected chi connectivity index (χ0v) is 15.0. The number of carbonyl (C=O) groups is 2. The maximum absolute atomic E-state index is 12.7. The molecule has 3 atom stereocenters. The van der Waals surface area contributed by atoms with Crippen molar-refractivity contribution in [1.29, 1.82) is 0 Å². The van der Waals surface area contributed by atoms with Crippen LogP contribution in [0.25, 0.3) is 0 Å². The van der Waals surface area contributed by atoms with Gasteiger partial charge in [-0.1, -0.05) is 29.8 Å². The number of halogens is 1. The van der Waals surface area contributed by atoms with Gasteiger partial charge in [-0.2, -0.15) is 0 Å². The molecule has 6 heteroatoms. The molecule has 2 saturated heterocycles. The predicted molar refractivity (Wildman–Crippen MR) is 94.4 cm³/mol. The van der Waals surface area contributed by atoms with Crippen molar-refractivity contribution < 1.29 is 14.3 Å². The quantitative estimate of drug-likeness (QED) is 0.829. The minimum absolute atomic E-state index is 0.0420. The summed E-state index contributed by atoms with van der Waals surface area (Å²) in [5.41, 5.74) is 1.08. The van der Waals surface area contributed by atoms with E-state index in [4.69, 9.17) is 16.3 Å². The Kier molecular flexibility index (Phi) is 4.69. The molecule has 1 saturated carbocycles. The summed E-state index contributed by atoms with van der Waals surface area (Å²) in [6, 6.07) is 7.77. The lowest BCUT2D eigenvalue weighted by molar-refractivity contribution is -0.146. The molecule has 0 spiro atoms. The molecular weight excluding hydrogens is 340 g/mol. The number of nitrogens with zero attached hydrogens (tertiary/aromatic N) is 2. The van der Waals surface area contributed by atoms with Gasteiger partial charge in [0.2, 0.25) is 5.91 Å². The fraction of sp³-hybridized carbons (Fsp3) is 0.579. The molecular formula is C19H23ClN2O3. The maximum Gasteiger partial charge on any atom is 0.251 e. The molecule has 3 fully saturated rings. The minimum Gasteiger partial charge on any atom is -0.368 e. The lowest BCUT2D eigenvalue weighted by Crippen LogP contribution is -2.53. The van der Waals surface area contributed by atoms with E-state index < -0.39 is 0 Å². The number of rotatable bonds is 3. The Morgan fingerprint density at radius 2 is 1.72 bits per heavy atom. The first-order valence-corrected chi connectivity index (χ1v) is 9.46. The Morgan fingerprint density at radius 3 is 2.36 bits per heavy atom. The van der Waals surface area contributed by atoms with Crippen LogP contribution >= 0.6 is 11.6 Å². The molecule has 25 heavy (non-hydrogen) atoms. The Labute approximate surface area is 152 Å². The van der Waals surface area contributed by atoms with Crippen molar-refractivity contribution >= 4 is 23.4 Å². The van der Waals surface area contributed by atoms with Crippen molar-refractivity contribution in [2.24, 2.45) is 5.92 Å². The second-order valence-electron chi connectivity index (χ2n) is 7.12. The summed E-state index contributed by atoms with van der Waals surface area (Å²) < 4.78 is 5.48. The number of hydrogen-bond acceptors (Lipinski definition) is 3. The van der Waals surface area contributed by atoms with Gasteiger partial charge in [0.25, 0.3) is 5.91 Å². The Hall–Kier alpha value is -1.59. The van der Waals surface area contributed by atoms with E-state index in [2.05, 4.69) is 0 Å². The summed E-state index contributed by atoms with van der Waals surface area (Å²) in [7, 11) is 0. The van der Waals surface area contributed by atoms with Gasteiger partial charge in [0, 0.05) is 43.7 Å². The van der Waals surface area contributed by atoms with Crippen molar-refractivity contribution in [3.05, 3.63) is 34.9 Å². The topological polar surface area (TPSA) is 49.9 Å². The van der Waals surface area contributed by atoms with Gasteiger partial charge in [0.05, 0.1) is 0 Å². The summed E-state index contributed by atoms with van der Waals surface area (Å²) in [4.78, 5) is 28.9. The molecule has 4 rings (SSSR count). The monoisotopic (exact) mass is 362 g/mol. The van der Waals surface area contributed by atoms with Gasteiger partial charge in [-0.05, 0) is 36.8 Å². The first kappa shape index (κ1) is 16.9. The van der Waals surface area contributed by atoms with Crippen LogP contribution in [-0.2, 0) is 14.3 Å². The lowest BCUT2D eigenvalue weighted by Gasteiger charge is -2.36. The average Bonchev–Trinajstić information content (AvgIpc) is 3.24. The van der Waals surface area contributed by atoms with Gasteiger partial charge in [-0.25, -0.2) is 0 Å². The smallest absolute Gasteiger partial charge is 0.251 e. The van der Waals surface area contributed by atoms with E-state index in [9.17, 15) is 9.59 Å². The van der Waals surface area contributed by atoms with Crippen LogP contribution in [0.5, 0.6) is 0 Å². The normalized spacial score (nSPS) is 28.9. The van der Waals surface area contributed by atoms with Crippen LogP contribution < -0.4 is 0 Å². The van der Waals surface area contributed by atoms with Gasteiger partial charge in [-0.3, -0.25) is 9.59 Å². The van der Waals surface area contributed by atoms with E-state index in [0.717, 1.165) is 29.8 Å². The van der Waals surface area contributed by atoms with Crippen LogP contribution in [0.4, 0.5) is 0 Å². The largest absolute Gasteiger partial charge is 0.368 e. The highest BCUT2D eigenvalue weighted by atomic mass is 35.5. The maximum atomic E-state index is 12.7. The molecule has 0 aromatic heterocycles. The Morgan fingerprint density at radius 1 is 1.04 bits per heavy atom. The van der Waals surface area contributed by atoms with Crippen LogP contribution in [0, 0.1) is 5.92 Å². The fourth-order valence-electron chi connectivity index (χ4n) is 3.95. The first-order valence-electron chi connectivity index (χ1n) is 9.09. The number of ether oxygens (including phenoxy) is 1. The number of amides is 2. The predicted octanol–water partition coefficient (Wildman–Crippen LogP) is 2.29. The molecule has 3 unspecified atom stereocenters. The molecule has 5 nitrogen and oxygen atoms in total. The summed E-state index contributed by atoms with van der Waals surface area (Å²) in [5, 5.41) is 0.745. The van der Waals surface area contributed by atoms with E-state index in [1.165, 1.54) is 0 Å². The van der Waals surface area contributed by atoms with Gasteiger partial charge >= 0.3 is 0 Å². The number of hydrogen-bond donors (Lipinski definition) is 0. The van der Waals surface area contributed by atoms with E-state index in [1.54, 1.807) is 0 Å². The van der Waals surface area contributed by atoms with Crippen molar-refractivity contribution in [1.82, 2.24) is 9.80 Å². The second kappa shape index (κ2) is 6.96. The van der Waals surface area contributed by atoms with Crippen molar-refractivity contribution in [2.75, 3.05) is 32.8 Å². The lowest BCUT2D eigenvalue weighted by atomic mass is 10.1. The molecule has 134 valence electrons. The first-order chi connectivity index (χ1) is 12.1. The van der Waals surface area contributed by atoms with Crippen molar-refractivity contribution in [2.45, 2.75) is 31.3 Å². The summed E-state index contributed by atoms with van der Waals surface area (Å²) >= 11 is 6.25. The Balaban J connectivity index is 1.30. The van der Waals surface area contributed by atoms with Gasteiger partial charge in [0.1, 0.15) is 6.10 Å². The Bertz CT molecular complexity index is 666. The molecule has 0 bridgehead atoms. The van der Waals surface area contributed by atoms with Crippen LogP contribution in [0.2, 0.25) is 5.02 Å². The number of benzene rings is 1. The van der Waals surface area contributed by atoms with E-state index in [0.29, 0.717) is 32.8 Å². The van der Waals surface area contributed by atoms with Gasteiger partial charge in [0.15, 0.2) is 0 Å². The van der Waals surface area contributed by atoms with E-state index in [-0.39, 0.29) is 29.8 Å². The third-order valence-corrected chi connectivity index (χ3v) is 5.86. The van der Waals surface area contributed by atoms with E-state index >= 15 is 0 Å². The third kappa shape index (κ3) is 3.40. The van der Waals surface area contributed by atoms with Crippen molar-refractivity contribution in [3.8, 4) is 0 Å². The molecule has 1 aromatic rings. The van der Waals surface area contributed by atoms with Crippen LogP contribution in [0.15, 0.2) is 24.3 Å². The molecule has 2 amide bonds. The molecule has 0 radical (unpaired) electrons. The highest BCUT2D eigenvalue weighted by Crippen LogP contribution is 2.50. The minimum atomic E-state index is -0.268. The molecule has 1 aromatic carbocycles. The van der Waals surface area contributed by atoms with Crippen molar-refractivity contribution in [3.63, 3.8) is 0 Å². The fourth-order valence-corrected chi connectivity index (χ4v) is 4.22. The third-order valence-electron chi connectivity index (χ3n) is 5.52. The second-order valence-corrected chi connectivity index (χ2v) is 7.53. The van der Waals surface area contributed by atoms with Gasteiger partial charge < -0.3 is 14.5 Å². The van der Waals surface area contributed by atoms with Crippen LogP contribution in [0.1, 0.15) is 30.7 Å². The number of carbonyl (C=O) groups excluding carboxylic acids is 2. The van der Waals surface area contributed by atoms with Crippen LogP contribution in [-0.4, -0.2) is 60.5 Å². The molecule has 1 aliphatic carbocycles. The molecule has 2 heterocycles. The molecule has 3 aliphatic rings. The highest BCUT2D eigenvalue weighted by Gasteiger charge is 2.47. The number of piperazine rings is 1. The summed E-state index contributed by atoms with van der Waals surface area (Å²) in [5.74, 6) is 0.576. The standard InChI is InChI=1S/C19H23ClN2O3/c20-16-5-2-1-4-13(16)14-12-15(14)18(23)21-7-9-22(10-8-21)19(24)17-6-3-11-25-17/h1-2,4-5,14-15,17H,3,6-12H2. The molecule has 0 N–H and O–H groups in total. The molecule has 2 aliphatic heterocycles. The van der Waals surface area contributed by atoms with Crippen LogP contribution in [0.3, 0.4) is 0 Å². The summed E-state index contributed by atoms with van der Waals surface area (Å²) in [6.45, 7) is 3.12. The van der Waals surface area contributed by atoms with E-state index in [1.807, 2.05) is 34.1 Å². The highest BCUT2D eigenvalue weighted by molar-refractivity contribution is 6.31. The summed E-state index contributed by atoms with van der Waals surface area (Å²) in [6.07, 6.45) is 2.38. The SMILES string of the molecule is O=C(C1CCCO1)N1CCN(C(=O)C2CC2c2ccccc2Cl)CC1. The van der Waals surface area contributed by atoms with Gasteiger partial charge in [-0.15, -0.1) is 0 Å². The average molecular weight is 363 g/mol. The zero-order chi connectivity index (χ0) is 17.4.